The molecule has 0 fully saturated rings. The van der Waals surface area contributed by atoms with Crippen molar-refractivity contribution in [2.24, 2.45) is 0 Å². The Bertz CT molecular complexity index is 49.1. The normalized spacial score (nSPS) is 9.23. The third-order valence-corrected chi connectivity index (χ3v) is 2.21. The Kier molecular flexibility index (Phi) is 21.3. The lowest BCUT2D eigenvalue weighted by Gasteiger charge is -1.96. The van der Waals surface area contributed by atoms with Gasteiger partial charge in [-0.2, -0.15) is 0 Å². The molecule has 0 rings (SSSR count). The molecule has 0 aromatic rings. The molecule has 0 aromatic heterocycles. The monoisotopic (exact) mass is 186 g/mol. The molecule has 0 heteroatoms. The predicted octanol–water partition coefficient (Wildman–Crippen LogP) is 5.56. The first-order valence-corrected chi connectivity index (χ1v) is 6.33. The summed E-state index contributed by atoms with van der Waals surface area (Å²) < 4.78 is 0. The van der Waals surface area contributed by atoms with Crippen molar-refractivity contribution in [1.82, 2.24) is 0 Å². The van der Waals surface area contributed by atoms with Crippen LogP contribution in [0.1, 0.15) is 85.5 Å². The molecule has 0 bridgehead atoms. The van der Waals surface area contributed by atoms with E-state index in [0.29, 0.717) is 0 Å². The van der Waals surface area contributed by atoms with Crippen molar-refractivity contribution in [2.45, 2.75) is 85.5 Å². The van der Waals surface area contributed by atoms with Crippen LogP contribution < -0.4 is 0 Å². The van der Waals surface area contributed by atoms with E-state index in [9.17, 15) is 0 Å². The van der Waals surface area contributed by atoms with Crippen molar-refractivity contribution in [3.8, 4) is 0 Å². The number of hydrogen-bond donors (Lipinski definition) is 0. The summed E-state index contributed by atoms with van der Waals surface area (Å²) in [6.07, 6.45) is 12.6. The first-order chi connectivity index (χ1) is 6.33. The van der Waals surface area contributed by atoms with Crippen LogP contribution in [0.2, 0.25) is 0 Å². The quantitative estimate of drug-likeness (QED) is 0.456. The summed E-state index contributed by atoms with van der Waals surface area (Å²) in [5.74, 6) is 0. The van der Waals surface area contributed by atoms with Gasteiger partial charge in [-0.15, -0.1) is 0 Å². The van der Waals surface area contributed by atoms with Crippen LogP contribution in [0.4, 0.5) is 0 Å². The van der Waals surface area contributed by atoms with Gasteiger partial charge in [0.15, 0.2) is 0 Å². The lowest BCUT2D eigenvalue weighted by molar-refractivity contribution is 0.602. The van der Waals surface area contributed by atoms with E-state index in [4.69, 9.17) is 0 Å². The molecule has 0 unspecified atom stereocenters. The fourth-order valence-electron chi connectivity index (χ4n) is 1.03. The van der Waals surface area contributed by atoms with Gasteiger partial charge in [-0.25, -0.2) is 0 Å². The largest absolute Gasteiger partial charge is 0.0654 e. The summed E-state index contributed by atoms with van der Waals surface area (Å²) in [5, 5.41) is 0. The minimum atomic E-state index is 1.32. The highest BCUT2D eigenvalue weighted by Gasteiger charge is 1.85. The number of rotatable bonds is 7. The summed E-state index contributed by atoms with van der Waals surface area (Å²) in [7, 11) is 0. The molecule has 0 aliphatic heterocycles. The molecule has 0 spiro atoms. The number of unbranched alkanes of at least 4 members (excludes halogenated alkanes) is 7. The molecule has 0 aliphatic carbocycles. The van der Waals surface area contributed by atoms with Crippen molar-refractivity contribution in [2.75, 3.05) is 0 Å². The van der Waals surface area contributed by atoms with Crippen LogP contribution in [-0.2, 0) is 0 Å². The van der Waals surface area contributed by atoms with Gasteiger partial charge >= 0.3 is 0 Å². The Hall–Kier alpha value is 0. The maximum atomic E-state index is 2.26. The van der Waals surface area contributed by atoms with Crippen molar-refractivity contribution < 1.29 is 0 Å². The maximum Gasteiger partial charge on any atom is -0.0533 e. The van der Waals surface area contributed by atoms with Gasteiger partial charge in [-0.1, -0.05) is 85.5 Å². The second-order valence-corrected chi connectivity index (χ2v) is 3.77. The molecular weight excluding hydrogens is 156 g/mol. The van der Waals surface area contributed by atoms with Gasteiger partial charge < -0.3 is 0 Å². The molecule has 0 atom stereocenters. The first-order valence-electron chi connectivity index (χ1n) is 6.33. The lowest BCUT2D eigenvalue weighted by Crippen LogP contribution is -1.76. The molecule has 0 N–H and O–H groups in total. The number of hydrogen-bond acceptors (Lipinski definition) is 0. The SMILES string of the molecule is CCCC.CCCCCCCCC. The molecule has 0 nitrogen and oxygen atoms in total. The summed E-state index contributed by atoms with van der Waals surface area (Å²) >= 11 is 0. The zero-order valence-corrected chi connectivity index (χ0v) is 10.4. The van der Waals surface area contributed by atoms with Crippen molar-refractivity contribution in [1.29, 1.82) is 0 Å². The lowest BCUT2D eigenvalue weighted by atomic mass is 10.1. The van der Waals surface area contributed by atoms with Crippen LogP contribution in [-0.4, -0.2) is 0 Å². The van der Waals surface area contributed by atoms with Gasteiger partial charge in [-0.3, -0.25) is 0 Å². The molecule has 0 amide bonds. The van der Waals surface area contributed by atoms with Gasteiger partial charge in [0.2, 0.25) is 0 Å². The second-order valence-electron chi connectivity index (χ2n) is 3.77. The zero-order chi connectivity index (χ0) is 10.4. The van der Waals surface area contributed by atoms with Crippen LogP contribution >= 0.6 is 0 Å². The molecule has 0 aromatic carbocycles. The summed E-state index contributed by atoms with van der Waals surface area (Å²) in [5.41, 5.74) is 0. The van der Waals surface area contributed by atoms with E-state index in [1.807, 2.05) is 0 Å². The zero-order valence-electron chi connectivity index (χ0n) is 10.4. The third kappa shape index (κ3) is 24.5. The van der Waals surface area contributed by atoms with Gasteiger partial charge in [0.25, 0.3) is 0 Å². The molecule has 0 saturated carbocycles. The second kappa shape index (κ2) is 17.9. The Morgan fingerprint density at radius 1 is 0.385 bits per heavy atom. The predicted molar refractivity (Wildman–Crippen MR) is 64.2 cm³/mol. The molecule has 0 radical (unpaired) electrons. The Balaban J connectivity index is 0. The van der Waals surface area contributed by atoms with Crippen LogP contribution in [0.3, 0.4) is 0 Å². The maximum absolute atomic E-state index is 2.26. The van der Waals surface area contributed by atoms with E-state index >= 15 is 0 Å². The molecule has 13 heavy (non-hydrogen) atoms. The Morgan fingerprint density at radius 2 is 0.692 bits per heavy atom. The van der Waals surface area contributed by atoms with E-state index < -0.39 is 0 Å². The summed E-state index contributed by atoms with van der Waals surface area (Å²) in [6.45, 7) is 8.89. The van der Waals surface area contributed by atoms with Gasteiger partial charge in [0.1, 0.15) is 0 Å². The van der Waals surface area contributed by atoms with Crippen LogP contribution in [0, 0.1) is 0 Å². The molecule has 0 heterocycles. The highest BCUT2D eigenvalue weighted by atomic mass is 13.9. The van der Waals surface area contributed by atoms with Crippen molar-refractivity contribution >= 4 is 0 Å². The topological polar surface area (TPSA) is 0 Å². The minimum Gasteiger partial charge on any atom is -0.0654 e. The average Bonchev–Trinajstić information content (AvgIpc) is 2.18. The molecule has 0 aliphatic rings. The molecule has 0 saturated heterocycles. The third-order valence-electron chi connectivity index (χ3n) is 2.21. The highest BCUT2D eigenvalue weighted by molar-refractivity contribution is 4.41. The minimum absolute atomic E-state index is 1.32. The van der Waals surface area contributed by atoms with E-state index in [2.05, 4.69) is 27.7 Å². The standard InChI is InChI=1S/C9H20.C4H10/c1-3-5-7-9-8-6-4-2;1-3-4-2/h3-9H2,1-2H3;3-4H2,1-2H3. The van der Waals surface area contributed by atoms with Crippen LogP contribution in [0.5, 0.6) is 0 Å². The van der Waals surface area contributed by atoms with Crippen LogP contribution in [0.15, 0.2) is 0 Å². The van der Waals surface area contributed by atoms with Gasteiger partial charge in [0.05, 0.1) is 0 Å². The fourth-order valence-corrected chi connectivity index (χ4v) is 1.03. The highest BCUT2D eigenvalue weighted by Crippen LogP contribution is 2.05. The van der Waals surface area contributed by atoms with Gasteiger partial charge in [0, 0.05) is 0 Å². The average molecular weight is 186 g/mol. The van der Waals surface area contributed by atoms with E-state index in [1.54, 1.807) is 0 Å². The molecule has 82 valence electrons. The fraction of sp³-hybridized carbons (Fsp3) is 1.00. The van der Waals surface area contributed by atoms with E-state index in [1.165, 1.54) is 57.8 Å². The van der Waals surface area contributed by atoms with E-state index in [0.717, 1.165) is 0 Å². The first kappa shape index (κ1) is 15.5. The Labute approximate surface area is 86.1 Å². The summed E-state index contributed by atoms with van der Waals surface area (Å²) in [6, 6.07) is 0. The smallest absolute Gasteiger partial charge is 0.0533 e. The Morgan fingerprint density at radius 3 is 0.923 bits per heavy atom. The summed E-state index contributed by atoms with van der Waals surface area (Å²) in [4.78, 5) is 0. The van der Waals surface area contributed by atoms with Crippen LogP contribution in [0.25, 0.3) is 0 Å². The molecular formula is C13H30. The van der Waals surface area contributed by atoms with E-state index in [-0.39, 0.29) is 0 Å². The van der Waals surface area contributed by atoms with Crippen molar-refractivity contribution in [3.05, 3.63) is 0 Å². The van der Waals surface area contributed by atoms with Crippen molar-refractivity contribution in [3.63, 3.8) is 0 Å². The van der Waals surface area contributed by atoms with Gasteiger partial charge in [-0.05, 0) is 0 Å².